The molecule has 0 radical (unpaired) electrons. The van der Waals surface area contributed by atoms with Crippen molar-refractivity contribution in [1.82, 2.24) is 0 Å². The van der Waals surface area contributed by atoms with Crippen molar-refractivity contribution in [3.63, 3.8) is 0 Å². The lowest BCUT2D eigenvalue weighted by molar-refractivity contribution is -0.138. The predicted molar refractivity (Wildman–Crippen MR) is 55.5 cm³/mol. The summed E-state index contributed by atoms with van der Waals surface area (Å²) in [6.07, 6.45) is -1.35. The molecule has 3 nitrogen and oxygen atoms in total. The molecule has 5 heteroatoms. The molecule has 0 heterocycles. The number of alkyl halides is 1. The molecular formula is C10H11ClFNO2. The molecule has 0 aromatic heterocycles. The zero-order valence-electron chi connectivity index (χ0n) is 8.08. The highest BCUT2D eigenvalue weighted by molar-refractivity contribution is 6.31. The topological polar surface area (TPSA) is 63.3 Å². The van der Waals surface area contributed by atoms with E-state index in [-0.39, 0.29) is 16.1 Å². The molecule has 0 aliphatic heterocycles. The van der Waals surface area contributed by atoms with Gasteiger partial charge < -0.3 is 10.8 Å². The molecule has 0 saturated carbocycles. The largest absolute Gasteiger partial charge is 0.480 e. The SMILES string of the molecule is CC(F)c1c(Cl)cccc1C(N)C(=O)O. The second-order valence-electron chi connectivity index (χ2n) is 3.17. The molecule has 2 atom stereocenters. The Kier molecular flexibility index (Phi) is 3.66. The molecule has 0 bridgehead atoms. The monoisotopic (exact) mass is 231 g/mol. The Bertz CT molecular complexity index is 382. The Morgan fingerprint density at radius 1 is 1.60 bits per heavy atom. The Morgan fingerprint density at radius 2 is 2.20 bits per heavy atom. The number of nitrogens with two attached hydrogens (primary N) is 1. The zero-order valence-corrected chi connectivity index (χ0v) is 8.83. The van der Waals surface area contributed by atoms with Crippen molar-refractivity contribution in [2.24, 2.45) is 5.73 Å². The van der Waals surface area contributed by atoms with Gasteiger partial charge in [-0.25, -0.2) is 4.39 Å². The molecule has 0 amide bonds. The minimum atomic E-state index is -1.35. The van der Waals surface area contributed by atoms with Gasteiger partial charge in [0.2, 0.25) is 0 Å². The number of hydrogen-bond acceptors (Lipinski definition) is 2. The van der Waals surface area contributed by atoms with E-state index in [1.807, 2.05) is 0 Å². The lowest BCUT2D eigenvalue weighted by atomic mass is 9.98. The second kappa shape index (κ2) is 4.59. The molecule has 1 rings (SSSR count). The standard InChI is InChI=1S/C10H11ClFNO2/c1-5(12)8-6(9(13)10(14)15)3-2-4-7(8)11/h2-5,9H,13H2,1H3,(H,14,15). The fourth-order valence-corrected chi connectivity index (χ4v) is 1.71. The van der Waals surface area contributed by atoms with Crippen LogP contribution in [0.15, 0.2) is 18.2 Å². The van der Waals surface area contributed by atoms with Crippen LogP contribution in [-0.2, 0) is 4.79 Å². The van der Waals surface area contributed by atoms with Gasteiger partial charge in [-0.05, 0) is 18.6 Å². The molecule has 0 spiro atoms. The maximum Gasteiger partial charge on any atom is 0.325 e. The van der Waals surface area contributed by atoms with Crippen molar-refractivity contribution in [3.8, 4) is 0 Å². The summed E-state index contributed by atoms with van der Waals surface area (Å²) in [5, 5.41) is 8.94. The highest BCUT2D eigenvalue weighted by atomic mass is 35.5. The van der Waals surface area contributed by atoms with Crippen molar-refractivity contribution in [1.29, 1.82) is 0 Å². The number of carbonyl (C=O) groups is 1. The maximum absolute atomic E-state index is 13.2. The third kappa shape index (κ3) is 2.46. The van der Waals surface area contributed by atoms with Gasteiger partial charge in [0.1, 0.15) is 12.2 Å². The van der Waals surface area contributed by atoms with Gasteiger partial charge in [-0.15, -0.1) is 0 Å². The van der Waals surface area contributed by atoms with E-state index in [1.165, 1.54) is 19.1 Å². The van der Waals surface area contributed by atoms with Gasteiger partial charge in [-0.3, -0.25) is 4.79 Å². The van der Waals surface area contributed by atoms with E-state index < -0.39 is 18.2 Å². The Labute approximate surface area is 91.7 Å². The van der Waals surface area contributed by atoms with Gasteiger partial charge in [-0.2, -0.15) is 0 Å². The number of benzene rings is 1. The summed E-state index contributed by atoms with van der Waals surface area (Å²) < 4.78 is 13.2. The molecule has 82 valence electrons. The fraction of sp³-hybridized carbons (Fsp3) is 0.300. The molecule has 15 heavy (non-hydrogen) atoms. The Morgan fingerprint density at radius 3 is 2.67 bits per heavy atom. The second-order valence-corrected chi connectivity index (χ2v) is 3.58. The van der Waals surface area contributed by atoms with Crippen molar-refractivity contribution in [2.45, 2.75) is 19.1 Å². The minimum Gasteiger partial charge on any atom is -0.480 e. The smallest absolute Gasteiger partial charge is 0.325 e. The summed E-state index contributed by atoms with van der Waals surface area (Å²) in [5.41, 5.74) is 5.78. The number of rotatable bonds is 3. The first-order chi connectivity index (χ1) is 6.95. The van der Waals surface area contributed by atoms with E-state index >= 15 is 0 Å². The van der Waals surface area contributed by atoms with E-state index in [0.717, 1.165) is 0 Å². The minimum absolute atomic E-state index is 0.147. The van der Waals surface area contributed by atoms with Crippen LogP contribution in [0.25, 0.3) is 0 Å². The zero-order chi connectivity index (χ0) is 11.6. The number of hydrogen-bond donors (Lipinski definition) is 2. The highest BCUT2D eigenvalue weighted by Crippen LogP contribution is 2.31. The maximum atomic E-state index is 13.2. The van der Waals surface area contributed by atoms with Crippen molar-refractivity contribution in [2.75, 3.05) is 0 Å². The van der Waals surface area contributed by atoms with Crippen molar-refractivity contribution in [3.05, 3.63) is 34.3 Å². The Balaban J connectivity index is 3.28. The summed E-state index contributed by atoms with van der Waals surface area (Å²) in [7, 11) is 0. The van der Waals surface area contributed by atoms with Crippen LogP contribution in [-0.4, -0.2) is 11.1 Å². The van der Waals surface area contributed by atoms with Gasteiger partial charge in [-0.1, -0.05) is 23.7 Å². The number of carboxylic acids is 1. The molecule has 1 aromatic carbocycles. The molecule has 0 aliphatic rings. The van der Waals surface area contributed by atoms with Crippen LogP contribution in [0.3, 0.4) is 0 Å². The first-order valence-corrected chi connectivity index (χ1v) is 4.73. The van der Waals surface area contributed by atoms with Crippen LogP contribution in [0.2, 0.25) is 5.02 Å². The van der Waals surface area contributed by atoms with Crippen LogP contribution in [0.5, 0.6) is 0 Å². The molecule has 0 fully saturated rings. The predicted octanol–water partition coefficient (Wildman–Crippen LogP) is 2.45. The summed E-state index contributed by atoms with van der Waals surface area (Å²) in [5.74, 6) is -1.21. The summed E-state index contributed by atoms with van der Waals surface area (Å²) in [6.45, 7) is 1.29. The van der Waals surface area contributed by atoms with E-state index in [1.54, 1.807) is 6.07 Å². The van der Waals surface area contributed by atoms with Crippen LogP contribution in [0, 0.1) is 0 Å². The summed E-state index contributed by atoms with van der Waals surface area (Å²) >= 11 is 5.78. The first kappa shape index (κ1) is 11.9. The van der Waals surface area contributed by atoms with Gasteiger partial charge in [0.05, 0.1) is 0 Å². The molecule has 0 aliphatic carbocycles. The van der Waals surface area contributed by atoms with Crippen LogP contribution in [0.4, 0.5) is 4.39 Å². The fourth-order valence-electron chi connectivity index (χ4n) is 1.38. The summed E-state index contributed by atoms with van der Waals surface area (Å²) in [4.78, 5) is 10.7. The third-order valence-electron chi connectivity index (χ3n) is 2.09. The molecule has 2 unspecified atom stereocenters. The summed E-state index contributed by atoms with van der Waals surface area (Å²) in [6, 6.07) is 3.27. The van der Waals surface area contributed by atoms with Gasteiger partial charge >= 0.3 is 5.97 Å². The van der Waals surface area contributed by atoms with Crippen LogP contribution in [0.1, 0.15) is 30.3 Å². The first-order valence-electron chi connectivity index (χ1n) is 4.36. The van der Waals surface area contributed by atoms with E-state index in [9.17, 15) is 9.18 Å². The van der Waals surface area contributed by atoms with E-state index in [2.05, 4.69) is 0 Å². The molecule has 3 N–H and O–H groups in total. The third-order valence-corrected chi connectivity index (χ3v) is 2.42. The molecule has 1 aromatic rings. The number of aliphatic carboxylic acids is 1. The van der Waals surface area contributed by atoms with E-state index in [0.29, 0.717) is 0 Å². The van der Waals surface area contributed by atoms with Crippen LogP contribution >= 0.6 is 11.6 Å². The lowest BCUT2D eigenvalue weighted by Gasteiger charge is -2.15. The van der Waals surface area contributed by atoms with Crippen LogP contribution < -0.4 is 5.73 Å². The Hall–Kier alpha value is -1.13. The average Bonchev–Trinajstić information content (AvgIpc) is 2.15. The number of carboxylic acid groups (broad SMARTS) is 1. The van der Waals surface area contributed by atoms with Crippen molar-refractivity contribution >= 4 is 17.6 Å². The quantitative estimate of drug-likeness (QED) is 0.840. The molecular weight excluding hydrogens is 221 g/mol. The van der Waals surface area contributed by atoms with E-state index in [4.69, 9.17) is 22.4 Å². The highest BCUT2D eigenvalue weighted by Gasteiger charge is 2.22. The molecule has 0 saturated heterocycles. The lowest BCUT2D eigenvalue weighted by Crippen LogP contribution is -2.22. The van der Waals surface area contributed by atoms with Gasteiger partial charge in [0.25, 0.3) is 0 Å². The van der Waals surface area contributed by atoms with Gasteiger partial charge in [0, 0.05) is 10.6 Å². The average molecular weight is 232 g/mol. The van der Waals surface area contributed by atoms with Gasteiger partial charge in [0.15, 0.2) is 0 Å². The number of halogens is 2. The normalized spacial score (nSPS) is 14.7. The van der Waals surface area contributed by atoms with Crippen molar-refractivity contribution < 1.29 is 14.3 Å².